The van der Waals surface area contributed by atoms with Crippen LogP contribution in [0.3, 0.4) is 0 Å². The topological polar surface area (TPSA) is 32.7 Å². The van der Waals surface area contributed by atoms with E-state index in [2.05, 4.69) is 23.7 Å². The summed E-state index contributed by atoms with van der Waals surface area (Å²) in [5.41, 5.74) is 1.64. The molecule has 0 aromatic heterocycles. The van der Waals surface area contributed by atoms with Gasteiger partial charge in [-0.05, 0) is 36.6 Å². The van der Waals surface area contributed by atoms with Gasteiger partial charge in [0.15, 0.2) is 0 Å². The standard InChI is InChI=1S/C17H22FNO2/c1-13-7-8-19(12-17(13)21-2)11-15-5-6-16(18)10-14(15)4-3-9-20/h5-6,10,13,17,20H,7-9,11-12H2,1-2H3. The lowest BCUT2D eigenvalue weighted by atomic mass is 9.95. The number of nitrogens with zero attached hydrogens (tertiary/aromatic N) is 1. The number of rotatable bonds is 3. The Bertz CT molecular complexity index is 535. The molecule has 1 heterocycles. The Morgan fingerprint density at radius 3 is 3.00 bits per heavy atom. The molecule has 0 amide bonds. The summed E-state index contributed by atoms with van der Waals surface area (Å²) in [5, 5.41) is 8.81. The molecule has 0 spiro atoms. The first kappa shape index (κ1) is 16.0. The van der Waals surface area contributed by atoms with Crippen LogP contribution in [0.5, 0.6) is 0 Å². The third-order valence-electron chi connectivity index (χ3n) is 4.04. The number of methoxy groups -OCH3 is 1. The Morgan fingerprint density at radius 2 is 2.29 bits per heavy atom. The molecule has 0 aliphatic carbocycles. The SMILES string of the molecule is COC1CN(Cc2ccc(F)cc2C#CCO)CCC1C. The zero-order valence-electron chi connectivity index (χ0n) is 12.6. The second-order valence-electron chi connectivity index (χ2n) is 5.54. The zero-order valence-corrected chi connectivity index (χ0v) is 12.6. The average Bonchev–Trinajstić information content (AvgIpc) is 2.49. The number of hydrogen-bond acceptors (Lipinski definition) is 3. The molecule has 0 saturated carbocycles. The van der Waals surface area contributed by atoms with Gasteiger partial charge in [0, 0.05) is 25.8 Å². The number of likely N-dealkylation sites (tertiary alicyclic amines) is 1. The number of ether oxygens (including phenoxy) is 1. The first-order valence-electron chi connectivity index (χ1n) is 7.27. The Morgan fingerprint density at radius 1 is 1.48 bits per heavy atom. The molecule has 1 aromatic rings. The summed E-state index contributed by atoms with van der Waals surface area (Å²) in [7, 11) is 1.75. The van der Waals surface area contributed by atoms with Gasteiger partial charge in [0.2, 0.25) is 0 Å². The van der Waals surface area contributed by atoms with Gasteiger partial charge in [-0.15, -0.1) is 0 Å². The molecule has 114 valence electrons. The molecule has 2 unspecified atom stereocenters. The maximum absolute atomic E-state index is 13.4. The Hall–Kier alpha value is -1.41. The second-order valence-corrected chi connectivity index (χ2v) is 5.54. The van der Waals surface area contributed by atoms with E-state index in [0.717, 1.165) is 31.6 Å². The van der Waals surface area contributed by atoms with Crippen molar-refractivity contribution in [1.29, 1.82) is 0 Å². The van der Waals surface area contributed by atoms with E-state index in [0.29, 0.717) is 11.5 Å². The van der Waals surface area contributed by atoms with Gasteiger partial charge >= 0.3 is 0 Å². The lowest BCUT2D eigenvalue weighted by Gasteiger charge is -2.36. The van der Waals surface area contributed by atoms with Crippen LogP contribution in [0.2, 0.25) is 0 Å². The van der Waals surface area contributed by atoms with E-state index in [1.165, 1.54) is 12.1 Å². The van der Waals surface area contributed by atoms with Crippen molar-refractivity contribution in [2.75, 3.05) is 26.8 Å². The van der Waals surface area contributed by atoms with Crippen LogP contribution in [-0.4, -0.2) is 42.9 Å². The van der Waals surface area contributed by atoms with Gasteiger partial charge in [0.1, 0.15) is 12.4 Å². The van der Waals surface area contributed by atoms with Crippen LogP contribution in [0.25, 0.3) is 0 Å². The van der Waals surface area contributed by atoms with Gasteiger partial charge in [-0.1, -0.05) is 24.8 Å². The highest BCUT2D eigenvalue weighted by atomic mass is 19.1. The fraction of sp³-hybridized carbons (Fsp3) is 0.529. The van der Waals surface area contributed by atoms with Crippen molar-refractivity contribution in [2.45, 2.75) is 26.0 Å². The van der Waals surface area contributed by atoms with Gasteiger partial charge < -0.3 is 9.84 Å². The molecule has 21 heavy (non-hydrogen) atoms. The van der Waals surface area contributed by atoms with Gasteiger partial charge in [-0.25, -0.2) is 4.39 Å². The molecular weight excluding hydrogens is 269 g/mol. The van der Waals surface area contributed by atoms with Crippen molar-refractivity contribution in [3.05, 3.63) is 35.1 Å². The van der Waals surface area contributed by atoms with E-state index in [-0.39, 0.29) is 18.5 Å². The predicted octanol–water partition coefficient (Wildman–Crippen LogP) is 2.03. The monoisotopic (exact) mass is 291 g/mol. The van der Waals surface area contributed by atoms with E-state index in [1.807, 2.05) is 0 Å². The third kappa shape index (κ3) is 4.28. The molecule has 1 saturated heterocycles. The maximum atomic E-state index is 13.4. The van der Waals surface area contributed by atoms with Crippen LogP contribution < -0.4 is 0 Å². The number of halogens is 1. The quantitative estimate of drug-likeness (QED) is 0.865. The van der Waals surface area contributed by atoms with Crippen LogP contribution in [0, 0.1) is 23.6 Å². The summed E-state index contributed by atoms with van der Waals surface area (Å²) in [6, 6.07) is 4.66. The van der Waals surface area contributed by atoms with E-state index < -0.39 is 0 Å². The first-order chi connectivity index (χ1) is 10.1. The van der Waals surface area contributed by atoms with E-state index in [9.17, 15) is 4.39 Å². The summed E-state index contributed by atoms with van der Waals surface area (Å²) in [4.78, 5) is 2.31. The second kappa shape index (κ2) is 7.56. The molecule has 1 aliphatic rings. The van der Waals surface area contributed by atoms with Crippen molar-refractivity contribution in [3.8, 4) is 11.8 Å². The summed E-state index contributed by atoms with van der Waals surface area (Å²) in [6.45, 7) is 4.60. The normalized spacial score (nSPS) is 22.7. The molecule has 1 aliphatic heterocycles. The summed E-state index contributed by atoms with van der Waals surface area (Å²) in [5.74, 6) is 5.68. The van der Waals surface area contributed by atoms with Crippen molar-refractivity contribution in [3.63, 3.8) is 0 Å². The molecule has 1 aromatic carbocycles. The molecule has 2 rings (SSSR count). The summed E-state index contributed by atoms with van der Waals surface area (Å²) >= 11 is 0. The largest absolute Gasteiger partial charge is 0.384 e. The van der Waals surface area contributed by atoms with Crippen molar-refractivity contribution < 1.29 is 14.2 Å². The van der Waals surface area contributed by atoms with Gasteiger partial charge in [0.25, 0.3) is 0 Å². The molecule has 2 atom stereocenters. The fourth-order valence-corrected chi connectivity index (χ4v) is 2.73. The minimum absolute atomic E-state index is 0.219. The average molecular weight is 291 g/mol. The number of piperidine rings is 1. The third-order valence-corrected chi connectivity index (χ3v) is 4.04. The van der Waals surface area contributed by atoms with Crippen LogP contribution >= 0.6 is 0 Å². The first-order valence-corrected chi connectivity index (χ1v) is 7.27. The van der Waals surface area contributed by atoms with Crippen molar-refractivity contribution in [2.24, 2.45) is 5.92 Å². The van der Waals surface area contributed by atoms with E-state index in [1.54, 1.807) is 13.2 Å². The van der Waals surface area contributed by atoms with Crippen molar-refractivity contribution >= 4 is 0 Å². The minimum atomic E-state index is -0.303. The van der Waals surface area contributed by atoms with Gasteiger partial charge in [0.05, 0.1) is 6.10 Å². The van der Waals surface area contributed by atoms with Crippen LogP contribution in [0.1, 0.15) is 24.5 Å². The lowest BCUT2D eigenvalue weighted by molar-refractivity contribution is -0.00747. The van der Waals surface area contributed by atoms with Crippen LogP contribution in [-0.2, 0) is 11.3 Å². The van der Waals surface area contributed by atoms with E-state index >= 15 is 0 Å². The molecular formula is C17H22FNO2. The summed E-state index contributed by atoms with van der Waals surface area (Å²) < 4.78 is 18.9. The minimum Gasteiger partial charge on any atom is -0.384 e. The Labute approximate surface area is 125 Å². The highest BCUT2D eigenvalue weighted by molar-refractivity contribution is 5.41. The molecule has 0 radical (unpaired) electrons. The van der Waals surface area contributed by atoms with Crippen LogP contribution in [0.15, 0.2) is 18.2 Å². The zero-order chi connectivity index (χ0) is 15.2. The number of aliphatic hydroxyl groups is 1. The van der Waals surface area contributed by atoms with Gasteiger partial charge in [-0.2, -0.15) is 0 Å². The highest BCUT2D eigenvalue weighted by Crippen LogP contribution is 2.22. The smallest absolute Gasteiger partial charge is 0.124 e. The van der Waals surface area contributed by atoms with Gasteiger partial charge in [-0.3, -0.25) is 4.90 Å². The van der Waals surface area contributed by atoms with Crippen molar-refractivity contribution in [1.82, 2.24) is 4.90 Å². The summed E-state index contributed by atoms with van der Waals surface area (Å²) in [6.07, 6.45) is 1.34. The molecule has 1 fully saturated rings. The molecule has 4 heteroatoms. The predicted molar refractivity (Wildman–Crippen MR) is 80.2 cm³/mol. The maximum Gasteiger partial charge on any atom is 0.124 e. The molecule has 1 N–H and O–H groups in total. The molecule has 0 bridgehead atoms. The fourth-order valence-electron chi connectivity index (χ4n) is 2.73. The number of hydrogen-bond donors (Lipinski definition) is 1. The number of benzene rings is 1. The van der Waals surface area contributed by atoms with E-state index in [4.69, 9.17) is 9.84 Å². The number of aliphatic hydroxyl groups excluding tert-OH is 1. The highest BCUT2D eigenvalue weighted by Gasteiger charge is 2.26. The lowest BCUT2D eigenvalue weighted by Crippen LogP contribution is -2.43. The van der Waals surface area contributed by atoms with Crippen LogP contribution in [0.4, 0.5) is 4.39 Å². The Balaban J connectivity index is 2.12. The molecule has 3 nitrogen and oxygen atoms in total. The Kier molecular flexibility index (Phi) is 5.75.